The number of anilines is 2. The number of nitrogens with zero attached hydrogens (tertiary/aromatic N) is 3. The highest BCUT2D eigenvalue weighted by atomic mass is 19.1. The summed E-state index contributed by atoms with van der Waals surface area (Å²) < 4.78 is 13.7. The normalized spacial score (nSPS) is 18.0. The number of piperidine rings is 1. The molecule has 1 aliphatic rings. The van der Waals surface area contributed by atoms with E-state index in [1.54, 1.807) is 18.3 Å². The third kappa shape index (κ3) is 3.78. The molecule has 1 aromatic carbocycles. The van der Waals surface area contributed by atoms with E-state index in [1.165, 1.54) is 25.3 Å². The summed E-state index contributed by atoms with van der Waals surface area (Å²) in [5.41, 5.74) is 0.636. The molecule has 2 heterocycles. The second-order valence-corrected chi connectivity index (χ2v) is 5.94. The van der Waals surface area contributed by atoms with Gasteiger partial charge in [-0.15, -0.1) is 0 Å². The van der Waals surface area contributed by atoms with Crippen molar-refractivity contribution in [3.05, 3.63) is 47.9 Å². The van der Waals surface area contributed by atoms with E-state index >= 15 is 0 Å². The Labute approximate surface area is 136 Å². The van der Waals surface area contributed by atoms with E-state index in [9.17, 15) is 4.39 Å². The maximum Gasteiger partial charge on any atom is 0.227 e. The van der Waals surface area contributed by atoms with Gasteiger partial charge in [0, 0.05) is 30.9 Å². The highest BCUT2D eigenvalue weighted by Gasteiger charge is 2.23. The van der Waals surface area contributed by atoms with E-state index in [1.807, 2.05) is 12.1 Å². The van der Waals surface area contributed by atoms with Crippen LogP contribution in [0.25, 0.3) is 0 Å². The summed E-state index contributed by atoms with van der Waals surface area (Å²) in [6.07, 6.45) is 6.54. The van der Waals surface area contributed by atoms with Crippen LogP contribution in [0, 0.1) is 5.82 Å². The molecular formula is C18H23FN4. The topological polar surface area (TPSA) is 41.1 Å². The van der Waals surface area contributed by atoms with E-state index in [0.717, 1.165) is 24.7 Å². The maximum atomic E-state index is 13.7. The number of hydrogen-bond donors (Lipinski definition) is 1. The predicted octanol–water partition coefficient (Wildman–Crippen LogP) is 4.00. The van der Waals surface area contributed by atoms with Gasteiger partial charge in [-0.1, -0.05) is 25.1 Å². The molecule has 1 saturated heterocycles. The average Bonchev–Trinajstić information content (AvgIpc) is 2.61. The molecule has 2 aromatic rings. The Morgan fingerprint density at radius 2 is 2.13 bits per heavy atom. The van der Waals surface area contributed by atoms with Crippen molar-refractivity contribution in [3.63, 3.8) is 0 Å². The van der Waals surface area contributed by atoms with Crippen LogP contribution in [-0.2, 0) is 6.54 Å². The lowest BCUT2D eigenvalue weighted by molar-refractivity contribution is 0.443. The predicted molar refractivity (Wildman–Crippen MR) is 91.0 cm³/mol. The molecule has 1 unspecified atom stereocenters. The Balaban J connectivity index is 1.71. The summed E-state index contributed by atoms with van der Waals surface area (Å²) in [6, 6.07) is 9.14. The summed E-state index contributed by atoms with van der Waals surface area (Å²) in [6.45, 7) is 3.64. The van der Waals surface area contributed by atoms with Gasteiger partial charge in [-0.25, -0.2) is 9.37 Å². The van der Waals surface area contributed by atoms with Gasteiger partial charge in [0.25, 0.3) is 0 Å². The van der Waals surface area contributed by atoms with Crippen LogP contribution in [0.1, 0.15) is 38.2 Å². The lowest BCUT2D eigenvalue weighted by Crippen LogP contribution is -2.40. The molecule has 4 nitrogen and oxygen atoms in total. The minimum atomic E-state index is -0.198. The zero-order valence-electron chi connectivity index (χ0n) is 13.5. The van der Waals surface area contributed by atoms with Crippen LogP contribution >= 0.6 is 0 Å². The first kappa shape index (κ1) is 15.7. The largest absolute Gasteiger partial charge is 0.366 e. The first-order valence-electron chi connectivity index (χ1n) is 8.35. The molecule has 122 valence electrons. The fourth-order valence-electron chi connectivity index (χ4n) is 3.10. The summed E-state index contributed by atoms with van der Waals surface area (Å²) >= 11 is 0. The third-order valence-electron chi connectivity index (χ3n) is 4.42. The summed E-state index contributed by atoms with van der Waals surface area (Å²) in [5, 5.41) is 3.20. The Morgan fingerprint density at radius 1 is 1.26 bits per heavy atom. The molecule has 1 atom stereocenters. The summed E-state index contributed by atoms with van der Waals surface area (Å²) in [4.78, 5) is 11.4. The Morgan fingerprint density at radius 3 is 2.96 bits per heavy atom. The first-order valence-corrected chi connectivity index (χ1v) is 8.35. The van der Waals surface area contributed by atoms with Crippen LogP contribution in [0.5, 0.6) is 0 Å². The van der Waals surface area contributed by atoms with Crippen LogP contribution in [0.4, 0.5) is 16.2 Å². The van der Waals surface area contributed by atoms with Crippen molar-refractivity contribution in [2.45, 2.75) is 45.2 Å². The van der Waals surface area contributed by atoms with Crippen LogP contribution in [0.2, 0.25) is 0 Å². The number of benzene rings is 1. The number of rotatable bonds is 5. The van der Waals surface area contributed by atoms with Gasteiger partial charge < -0.3 is 10.2 Å². The van der Waals surface area contributed by atoms with Crippen LogP contribution in [0.15, 0.2) is 36.5 Å². The van der Waals surface area contributed by atoms with E-state index in [0.29, 0.717) is 18.2 Å². The van der Waals surface area contributed by atoms with Crippen LogP contribution in [-0.4, -0.2) is 22.6 Å². The van der Waals surface area contributed by atoms with Gasteiger partial charge in [-0.05, 0) is 37.8 Å². The molecular weight excluding hydrogens is 291 g/mol. The van der Waals surface area contributed by atoms with Gasteiger partial charge in [0.05, 0.1) is 0 Å². The highest BCUT2D eigenvalue weighted by molar-refractivity contribution is 5.43. The van der Waals surface area contributed by atoms with E-state index < -0.39 is 0 Å². The van der Waals surface area contributed by atoms with Crippen molar-refractivity contribution >= 4 is 11.8 Å². The van der Waals surface area contributed by atoms with Gasteiger partial charge in [-0.2, -0.15) is 4.98 Å². The Hall–Kier alpha value is -2.17. The number of hydrogen-bond acceptors (Lipinski definition) is 4. The molecule has 0 bridgehead atoms. The van der Waals surface area contributed by atoms with Crippen LogP contribution in [0.3, 0.4) is 0 Å². The van der Waals surface area contributed by atoms with E-state index in [2.05, 4.69) is 27.1 Å². The van der Waals surface area contributed by atoms with Crippen molar-refractivity contribution in [2.24, 2.45) is 0 Å². The number of nitrogens with one attached hydrogen (secondary N) is 1. The van der Waals surface area contributed by atoms with Crippen molar-refractivity contribution in [3.8, 4) is 0 Å². The van der Waals surface area contributed by atoms with Crippen molar-refractivity contribution < 1.29 is 4.39 Å². The minimum Gasteiger partial charge on any atom is -0.366 e. The monoisotopic (exact) mass is 314 g/mol. The maximum absolute atomic E-state index is 13.7. The zero-order valence-corrected chi connectivity index (χ0v) is 13.5. The highest BCUT2D eigenvalue weighted by Crippen LogP contribution is 2.24. The summed E-state index contributed by atoms with van der Waals surface area (Å²) in [7, 11) is 0. The quantitative estimate of drug-likeness (QED) is 0.906. The molecule has 0 spiro atoms. The number of aromatic nitrogens is 2. The average molecular weight is 314 g/mol. The standard InChI is InChI=1S/C18H23FN4/c1-2-15-8-5-6-12-23(15)18-20-11-10-17(22-18)21-13-14-7-3-4-9-16(14)19/h3-4,7,9-11,15H,2,5-6,8,12-13H2,1H3,(H,20,21,22). The fourth-order valence-corrected chi connectivity index (χ4v) is 3.10. The Bertz CT molecular complexity index is 646. The minimum absolute atomic E-state index is 0.198. The second kappa shape index (κ2) is 7.40. The van der Waals surface area contributed by atoms with E-state index in [-0.39, 0.29) is 5.82 Å². The molecule has 1 aromatic heterocycles. The van der Waals surface area contributed by atoms with Gasteiger partial charge >= 0.3 is 0 Å². The van der Waals surface area contributed by atoms with Gasteiger partial charge in [0.1, 0.15) is 11.6 Å². The van der Waals surface area contributed by atoms with Crippen LogP contribution < -0.4 is 10.2 Å². The summed E-state index contributed by atoms with van der Waals surface area (Å²) in [5.74, 6) is 1.31. The van der Waals surface area contributed by atoms with Crippen molar-refractivity contribution in [2.75, 3.05) is 16.8 Å². The third-order valence-corrected chi connectivity index (χ3v) is 4.42. The lowest BCUT2D eigenvalue weighted by Gasteiger charge is -2.35. The molecule has 0 amide bonds. The van der Waals surface area contributed by atoms with E-state index in [4.69, 9.17) is 0 Å². The molecule has 1 N–H and O–H groups in total. The molecule has 0 saturated carbocycles. The smallest absolute Gasteiger partial charge is 0.227 e. The lowest BCUT2D eigenvalue weighted by atomic mass is 10.0. The first-order chi connectivity index (χ1) is 11.3. The van der Waals surface area contributed by atoms with Gasteiger partial charge in [0.15, 0.2) is 0 Å². The molecule has 1 fully saturated rings. The molecule has 23 heavy (non-hydrogen) atoms. The Kier molecular flexibility index (Phi) is 5.05. The van der Waals surface area contributed by atoms with Crippen molar-refractivity contribution in [1.29, 1.82) is 0 Å². The second-order valence-electron chi connectivity index (χ2n) is 5.94. The SMILES string of the molecule is CCC1CCCCN1c1nccc(NCc2ccccc2F)n1. The molecule has 1 aliphatic heterocycles. The molecule has 5 heteroatoms. The van der Waals surface area contributed by atoms with Gasteiger partial charge in [-0.3, -0.25) is 0 Å². The molecule has 0 aliphatic carbocycles. The fraction of sp³-hybridized carbons (Fsp3) is 0.444. The molecule has 3 rings (SSSR count). The van der Waals surface area contributed by atoms with Crippen molar-refractivity contribution in [1.82, 2.24) is 9.97 Å². The van der Waals surface area contributed by atoms with Gasteiger partial charge in [0.2, 0.25) is 5.95 Å². The molecule has 0 radical (unpaired) electrons. The zero-order chi connectivity index (χ0) is 16.1. The number of halogens is 1.